The summed E-state index contributed by atoms with van der Waals surface area (Å²) in [6, 6.07) is 14.1. The van der Waals surface area contributed by atoms with Crippen molar-refractivity contribution in [1.29, 1.82) is 0 Å². The largest absolute Gasteiger partial charge is 0.444 e. The number of carbonyl (C=O) groups excluding carboxylic acids is 4. The van der Waals surface area contributed by atoms with Gasteiger partial charge < -0.3 is 20.3 Å². The third-order valence-corrected chi connectivity index (χ3v) is 15.4. The molecular weight excluding hydrogens is 745 g/mol. The van der Waals surface area contributed by atoms with Crippen LogP contribution >= 0.6 is 0 Å². The Hall–Kier alpha value is -4.24. The lowest BCUT2D eigenvalue weighted by atomic mass is 9.93. The monoisotopic (exact) mass is 796 g/mol. The lowest BCUT2D eigenvalue weighted by molar-refractivity contribution is -0.141. The number of rotatable bonds is 9. The van der Waals surface area contributed by atoms with Gasteiger partial charge >= 0.3 is 6.09 Å². The van der Waals surface area contributed by atoms with E-state index in [-0.39, 0.29) is 38.0 Å². The summed E-state index contributed by atoms with van der Waals surface area (Å²) in [7, 11) is -8.02. The molecule has 13 nitrogen and oxygen atoms in total. The Labute approximate surface area is 324 Å². The van der Waals surface area contributed by atoms with Crippen molar-refractivity contribution in [3.8, 4) is 11.1 Å². The summed E-state index contributed by atoms with van der Waals surface area (Å²) in [5.41, 5.74) is -0.310. The molecule has 4 amide bonds. The van der Waals surface area contributed by atoms with Crippen LogP contribution in [0.4, 0.5) is 4.79 Å². The fourth-order valence-electron chi connectivity index (χ4n) is 7.76. The SMILES string of the molecule is CCCS(=O)(=O)[C@@]1(c2ccc(-c3ccccc3)cc2)C[C@H]2C(=O)N[C@]3(C(=O)NS(=O)(=O)C4CC4)C[C@H]3/C=C\CCCC[C@H](NC(=O)OC(C)(C)C)C(=O)N2C1. The molecule has 0 radical (unpaired) electrons. The van der Waals surface area contributed by atoms with Crippen LogP contribution in [-0.4, -0.2) is 86.3 Å². The lowest BCUT2D eigenvalue weighted by Crippen LogP contribution is -2.58. The number of sulfone groups is 1. The number of hydrogen-bond donors (Lipinski definition) is 3. The van der Waals surface area contributed by atoms with Gasteiger partial charge in [-0.1, -0.05) is 80.1 Å². The molecule has 0 spiro atoms. The van der Waals surface area contributed by atoms with Crippen LogP contribution in [0.3, 0.4) is 0 Å². The average molecular weight is 797 g/mol. The average Bonchev–Trinajstić information content (AvgIpc) is 4.05. The van der Waals surface area contributed by atoms with E-state index in [2.05, 4.69) is 15.4 Å². The van der Waals surface area contributed by atoms with E-state index < -0.39 is 82.8 Å². The first-order chi connectivity index (χ1) is 25.9. The zero-order valence-corrected chi connectivity index (χ0v) is 33.5. The van der Waals surface area contributed by atoms with Crippen molar-refractivity contribution in [2.24, 2.45) is 5.92 Å². The van der Waals surface area contributed by atoms with Crippen LogP contribution in [0.1, 0.15) is 91.0 Å². The molecular formula is C40H52N4O9S2. The van der Waals surface area contributed by atoms with Crippen LogP contribution in [-0.2, 0) is 43.7 Å². The minimum Gasteiger partial charge on any atom is -0.444 e. The van der Waals surface area contributed by atoms with Crippen molar-refractivity contribution in [2.45, 2.75) is 119 Å². The molecule has 0 bridgehead atoms. The normalized spacial score (nSPS) is 28.1. The van der Waals surface area contributed by atoms with Crippen LogP contribution in [0.15, 0.2) is 66.7 Å². The van der Waals surface area contributed by atoms with Gasteiger partial charge in [0, 0.05) is 18.9 Å². The highest BCUT2D eigenvalue weighted by atomic mass is 32.2. The Balaban J connectivity index is 1.43. The van der Waals surface area contributed by atoms with Gasteiger partial charge in [-0.15, -0.1) is 0 Å². The van der Waals surface area contributed by atoms with E-state index in [0.717, 1.165) is 11.1 Å². The quantitative estimate of drug-likeness (QED) is 0.308. The van der Waals surface area contributed by atoms with Gasteiger partial charge in [0.25, 0.3) is 5.91 Å². The van der Waals surface area contributed by atoms with Crippen LogP contribution in [0.2, 0.25) is 0 Å². The summed E-state index contributed by atoms with van der Waals surface area (Å²) in [5.74, 6) is -3.04. The minimum absolute atomic E-state index is 0.130. The number of carbonyl (C=O) groups is 4. The first-order valence-electron chi connectivity index (χ1n) is 19.1. The third kappa shape index (κ3) is 8.62. The molecule has 6 rings (SSSR count). The fourth-order valence-corrected chi connectivity index (χ4v) is 11.3. The van der Waals surface area contributed by atoms with E-state index in [1.807, 2.05) is 48.5 Å². The summed E-state index contributed by atoms with van der Waals surface area (Å²) in [4.78, 5) is 57.6. The third-order valence-electron chi connectivity index (χ3n) is 10.9. The molecule has 4 aliphatic rings. The number of nitrogens with one attached hydrogen (secondary N) is 3. The number of allylic oxidation sites excluding steroid dienone is 1. The minimum atomic E-state index is -4.06. The second kappa shape index (κ2) is 15.4. The van der Waals surface area contributed by atoms with Crippen LogP contribution in [0, 0.1) is 5.92 Å². The molecule has 2 aliphatic heterocycles. The maximum absolute atomic E-state index is 14.8. The molecule has 1 saturated heterocycles. The summed E-state index contributed by atoms with van der Waals surface area (Å²) < 4.78 is 60.9. The van der Waals surface area contributed by atoms with Gasteiger partial charge in [0.15, 0.2) is 9.84 Å². The molecule has 3 N–H and O–H groups in total. The fraction of sp³-hybridized carbons (Fsp3) is 0.550. The van der Waals surface area contributed by atoms with Crippen molar-refractivity contribution in [2.75, 3.05) is 12.3 Å². The molecule has 2 aromatic carbocycles. The number of sulfonamides is 1. The second-order valence-electron chi connectivity index (χ2n) is 16.3. The number of benzene rings is 2. The number of ether oxygens (including phenoxy) is 1. The Morgan fingerprint density at radius 2 is 1.60 bits per heavy atom. The second-order valence-corrected chi connectivity index (χ2v) is 20.7. The van der Waals surface area contributed by atoms with Crippen molar-refractivity contribution < 1.29 is 40.8 Å². The lowest BCUT2D eigenvalue weighted by Gasteiger charge is -2.32. The van der Waals surface area contributed by atoms with E-state index in [1.54, 1.807) is 45.9 Å². The number of amides is 4. The topological polar surface area (TPSA) is 185 Å². The van der Waals surface area contributed by atoms with E-state index >= 15 is 0 Å². The molecule has 0 aromatic heterocycles. The Morgan fingerprint density at radius 3 is 2.24 bits per heavy atom. The molecule has 2 aliphatic carbocycles. The van der Waals surface area contributed by atoms with Crippen molar-refractivity contribution in [3.63, 3.8) is 0 Å². The summed E-state index contributed by atoms with van der Waals surface area (Å²) in [6.45, 7) is 6.43. The highest BCUT2D eigenvalue weighted by molar-refractivity contribution is 7.92. The highest BCUT2D eigenvalue weighted by Gasteiger charge is 2.64. The maximum atomic E-state index is 14.8. The van der Waals surface area contributed by atoms with Gasteiger partial charge in [0.2, 0.25) is 21.8 Å². The molecule has 2 aromatic rings. The predicted molar refractivity (Wildman–Crippen MR) is 208 cm³/mol. The zero-order chi connectivity index (χ0) is 39.8. The molecule has 15 heteroatoms. The van der Waals surface area contributed by atoms with Gasteiger partial charge in [0.1, 0.15) is 28.0 Å². The first kappa shape index (κ1) is 40.4. The smallest absolute Gasteiger partial charge is 0.408 e. The molecule has 2 saturated carbocycles. The van der Waals surface area contributed by atoms with Crippen LogP contribution in [0.5, 0.6) is 0 Å². The van der Waals surface area contributed by atoms with Gasteiger partial charge in [0.05, 0.1) is 11.0 Å². The van der Waals surface area contributed by atoms with E-state index in [0.29, 0.717) is 37.7 Å². The molecule has 3 fully saturated rings. The first-order valence-corrected chi connectivity index (χ1v) is 22.3. The van der Waals surface area contributed by atoms with E-state index in [9.17, 15) is 36.0 Å². The van der Waals surface area contributed by atoms with Crippen molar-refractivity contribution >= 4 is 43.7 Å². The summed E-state index contributed by atoms with van der Waals surface area (Å²) in [6.07, 6.45) is 5.68. The van der Waals surface area contributed by atoms with E-state index in [1.165, 1.54) is 4.90 Å². The number of nitrogens with zero attached hydrogens (tertiary/aromatic N) is 1. The standard InChI is InChI=1S/C40H52N4O9S2/c1-5-23-54(49,50)39(29-19-17-28(18-20-29)27-13-9-8-10-14-27)25-33-34(45)42-40(36(47)43-55(51,52)31-21-22-31)24-30(40)15-11-6-7-12-16-32(35(46)44(33)26-39)41-37(48)53-38(2,3)4/h8-11,13-15,17-20,30-33H,5-7,12,16,21-26H2,1-4H3,(H,41,48)(H,42,45)(H,43,47)/b15-11-/t30-,32+,33+,39+,40-/m1/s1. The molecule has 0 unspecified atom stereocenters. The maximum Gasteiger partial charge on any atom is 0.408 e. The zero-order valence-electron chi connectivity index (χ0n) is 31.9. The van der Waals surface area contributed by atoms with Crippen molar-refractivity contribution in [1.82, 2.24) is 20.3 Å². The van der Waals surface area contributed by atoms with Crippen LogP contribution < -0.4 is 15.4 Å². The number of fused-ring (bicyclic) bond motifs is 2. The van der Waals surface area contributed by atoms with Gasteiger partial charge in [-0.25, -0.2) is 21.6 Å². The van der Waals surface area contributed by atoms with Crippen LogP contribution in [0.25, 0.3) is 11.1 Å². The molecule has 55 heavy (non-hydrogen) atoms. The van der Waals surface area contributed by atoms with Gasteiger partial charge in [-0.3, -0.25) is 19.1 Å². The Morgan fingerprint density at radius 1 is 0.927 bits per heavy atom. The highest BCUT2D eigenvalue weighted by Crippen LogP contribution is 2.48. The molecule has 5 atom stereocenters. The molecule has 2 heterocycles. The number of alkyl carbamates (subject to hydrolysis) is 1. The number of hydrogen-bond acceptors (Lipinski definition) is 9. The summed E-state index contributed by atoms with van der Waals surface area (Å²) in [5, 5.41) is 4.83. The van der Waals surface area contributed by atoms with Gasteiger partial charge in [-0.05, 0) is 82.4 Å². The Kier molecular flexibility index (Phi) is 11.3. The van der Waals surface area contributed by atoms with E-state index in [4.69, 9.17) is 4.74 Å². The predicted octanol–water partition coefficient (Wildman–Crippen LogP) is 4.48. The van der Waals surface area contributed by atoms with Gasteiger partial charge in [-0.2, -0.15) is 0 Å². The molecule has 298 valence electrons. The summed E-state index contributed by atoms with van der Waals surface area (Å²) >= 11 is 0. The Bertz CT molecular complexity index is 2040. The van der Waals surface area contributed by atoms with Crippen molar-refractivity contribution in [3.05, 3.63) is 72.3 Å².